The fourth-order valence-corrected chi connectivity index (χ4v) is 0.313. The summed E-state index contributed by atoms with van der Waals surface area (Å²) in [5.41, 5.74) is 0. The number of aromatic nitrogens is 1. The number of carboxylic acid groups (broad SMARTS) is 1. The van der Waals surface area contributed by atoms with Gasteiger partial charge in [-0.2, -0.15) is 0 Å². The fourth-order valence-electron chi connectivity index (χ4n) is 0.313. The Kier molecular flexibility index (Phi) is 10.6. The molecule has 0 atom stereocenters. The van der Waals surface area contributed by atoms with Crippen LogP contribution in [0.5, 0.6) is 0 Å². The van der Waals surface area contributed by atoms with Gasteiger partial charge in [0.15, 0.2) is 0 Å². The molecule has 4 heteroatoms. The zero-order valence-corrected chi connectivity index (χ0v) is 6.93. The third-order valence-electron chi connectivity index (χ3n) is 0.566. The van der Waals surface area contributed by atoms with Gasteiger partial charge in [0.05, 0.1) is 0 Å². The van der Waals surface area contributed by atoms with Gasteiger partial charge in [-0.3, -0.25) is 9.78 Å². The monoisotopic (exact) mass is 202 g/mol. The van der Waals surface area contributed by atoms with Gasteiger partial charge < -0.3 is 5.11 Å². The van der Waals surface area contributed by atoms with Gasteiger partial charge >= 0.3 is 0 Å². The standard InChI is InChI=1S/C5H5N.C2H4O2.Cu/c1-2-4-6-5-3-1;1-2(3)4;/h1-5H;1H3,(H,3,4);. The van der Waals surface area contributed by atoms with Crippen LogP contribution >= 0.6 is 0 Å². The van der Waals surface area contributed by atoms with E-state index < -0.39 is 5.97 Å². The van der Waals surface area contributed by atoms with Gasteiger partial charge in [-0.25, -0.2) is 0 Å². The number of carboxylic acids is 1. The molecule has 0 aliphatic carbocycles. The van der Waals surface area contributed by atoms with E-state index in [1.54, 1.807) is 12.4 Å². The Morgan fingerprint density at radius 3 is 1.73 bits per heavy atom. The summed E-state index contributed by atoms with van der Waals surface area (Å²) in [4.78, 5) is 12.8. The molecule has 0 spiro atoms. The maximum atomic E-state index is 9.00. The van der Waals surface area contributed by atoms with Crippen molar-refractivity contribution in [2.45, 2.75) is 6.92 Å². The van der Waals surface area contributed by atoms with E-state index in [1.807, 2.05) is 18.2 Å². The molecule has 0 amide bonds. The van der Waals surface area contributed by atoms with Crippen LogP contribution in [0.15, 0.2) is 30.6 Å². The van der Waals surface area contributed by atoms with E-state index in [4.69, 9.17) is 9.90 Å². The Bertz CT molecular complexity index is 148. The molecule has 1 heterocycles. The third kappa shape index (κ3) is 17.6. The van der Waals surface area contributed by atoms with Crippen molar-refractivity contribution < 1.29 is 27.0 Å². The van der Waals surface area contributed by atoms with E-state index in [0.717, 1.165) is 6.92 Å². The van der Waals surface area contributed by atoms with Gasteiger partial charge in [-0.05, 0) is 12.1 Å². The Morgan fingerprint density at radius 1 is 1.27 bits per heavy atom. The molecular weight excluding hydrogens is 194 g/mol. The van der Waals surface area contributed by atoms with Crippen LogP contribution in [0.3, 0.4) is 0 Å². The molecule has 0 unspecified atom stereocenters. The van der Waals surface area contributed by atoms with Gasteiger partial charge in [0.2, 0.25) is 0 Å². The smallest absolute Gasteiger partial charge is 0.300 e. The molecule has 0 aromatic carbocycles. The topological polar surface area (TPSA) is 50.2 Å². The number of carbonyl (C=O) groups is 1. The molecule has 65 valence electrons. The summed E-state index contributed by atoms with van der Waals surface area (Å²) in [5.74, 6) is -0.833. The van der Waals surface area contributed by atoms with Crippen LogP contribution in [0.1, 0.15) is 6.92 Å². The van der Waals surface area contributed by atoms with E-state index in [0.29, 0.717) is 0 Å². The number of pyridine rings is 1. The molecule has 0 saturated carbocycles. The number of aliphatic carboxylic acids is 1. The van der Waals surface area contributed by atoms with E-state index in [9.17, 15) is 0 Å². The van der Waals surface area contributed by atoms with Crippen LogP contribution in [0.25, 0.3) is 0 Å². The van der Waals surface area contributed by atoms with Crippen LogP contribution in [0.2, 0.25) is 0 Å². The Morgan fingerprint density at radius 2 is 1.64 bits per heavy atom. The number of nitrogens with zero attached hydrogens (tertiary/aromatic N) is 1. The van der Waals surface area contributed by atoms with Crippen molar-refractivity contribution >= 4 is 5.97 Å². The van der Waals surface area contributed by atoms with Crippen molar-refractivity contribution in [3.05, 3.63) is 30.6 Å². The average molecular weight is 203 g/mol. The Balaban J connectivity index is 0. The molecule has 0 saturated heterocycles. The van der Waals surface area contributed by atoms with E-state index in [2.05, 4.69) is 4.98 Å². The summed E-state index contributed by atoms with van der Waals surface area (Å²) in [7, 11) is 0. The summed E-state index contributed by atoms with van der Waals surface area (Å²) < 4.78 is 0. The number of hydrogen-bond acceptors (Lipinski definition) is 2. The largest absolute Gasteiger partial charge is 0.481 e. The molecule has 1 radical (unpaired) electrons. The molecule has 0 aliphatic rings. The quantitative estimate of drug-likeness (QED) is 0.643. The summed E-state index contributed by atoms with van der Waals surface area (Å²) in [6, 6.07) is 5.72. The fraction of sp³-hybridized carbons (Fsp3) is 0.143. The Hall–Kier alpha value is -0.861. The maximum absolute atomic E-state index is 9.00. The van der Waals surface area contributed by atoms with Crippen molar-refractivity contribution in [1.29, 1.82) is 0 Å². The van der Waals surface area contributed by atoms with Crippen LogP contribution in [0.4, 0.5) is 0 Å². The predicted molar refractivity (Wildman–Crippen MR) is 37.5 cm³/mol. The molecule has 0 fully saturated rings. The molecule has 0 aliphatic heterocycles. The average Bonchev–Trinajstić information content (AvgIpc) is 1.90. The van der Waals surface area contributed by atoms with Gasteiger partial charge in [0, 0.05) is 36.4 Å². The molecule has 1 rings (SSSR count). The molecule has 1 aromatic heterocycles. The maximum Gasteiger partial charge on any atom is 0.300 e. The number of hydrogen-bond donors (Lipinski definition) is 1. The van der Waals surface area contributed by atoms with Crippen molar-refractivity contribution in [2.24, 2.45) is 0 Å². The second-order valence-electron chi connectivity index (χ2n) is 1.54. The zero-order chi connectivity index (χ0) is 7.82. The summed E-state index contributed by atoms with van der Waals surface area (Å²) in [6.07, 6.45) is 3.50. The molecule has 3 nitrogen and oxygen atoms in total. The van der Waals surface area contributed by atoms with Crippen molar-refractivity contribution in [3.63, 3.8) is 0 Å². The molecule has 1 N–H and O–H groups in total. The molecule has 11 heavy (non-hydrogen) atoms. The van der Waals surface area contributed by atoms with Crippen molar-refractivity contribution in [3.8, 4) is 0 Å². The first-order chi connectivity index (χ1) is 4.73. The van der Waals surface area contributed by atoms with Crippen LogP contribution in [-0.2, 0) is 21.9 Å². The van der Waals surface area contributed by atoms with Gasteiger partial charge in [-0.15, -0.1) is 0 Å². The second kappa shape index (κ2) is 9.14. The minimum absolute atomic E-state index is 0. The first-order valence-electron chi connectivity index (χ1n) is 2.78. The van der Waals surface area contributed by atoms with Gasteiger partial charge in [0.25, 0.3) is 5.97 Å². The van der Waals surface area contributed by atoms with E-state index in [-0.39, 0.29) is 17.1 Å². The van der Waals surface area contributed by atoms with Crippen molar-refractivity contribution in [2.75, 3.05) is 0 Å². The third-order valence-corrected chi connectivity index (χ3v) is 0.566. The first-order valence-corrected chi connectivity index (χ1v) is 2.78. The molecular formula is C7H9CuNO2. The molecule has 1 aromatic rings. The molecule has 0 bridgehead atoms. The summed E-state index contributed by atoms with van der Waals surface area (Å²) in [5, 5.41) is 7.42. The second-order valence-corrected chi connectivity index (χ2v) is 1.54. The minimum Gasteiger partial charge on any atom is -0.481 e. The zero-order valence-electron chi connectivity index (χ0n) is 5.99. The van der Waals surface area contributed by atoms with Crippen LogP contribution < -0.4 is 0 Å². The van der Waals surface area contributed by atoms with E-state index >= 15 is 0 Å². The van der Waals surface area contributed by atoms with E-state index in [1.165, 1.54) is 0 Å². The van der Waals surface area contributed by atoms with Crippen LogP contribution in [-0.4, -0.2) is 16.1 Å². The summed E-state index contributed by atoms with van der Waals surface area (Å²) in [6.45, 7) is 1.08. The van der Waals surface area contributed by atoms with Crippen molar-refractivity contribution in [1.82, 2.24) is 4.98 Å². The van der Waals surface area contributed by atoms with Gasteiger partial charge in [-0.1, -0.05) is 6.07 Å². The minimum atomic E-state index is -0.833. The Labute approximate surface area is 75.9 Å². The van der Waals surface area contributed by atoms with Crippen LogP contribution in [0, 0.1) is 0 Å². The summed E-state index contributed by atoms with van der Waals surface area (Å²) >= 11 is 0. The van der Waals surface area contributed by atoms with Gasteiger partial charge in [0.1, 0.15) is 0 Å². The normalized spacial score (nSPS) is 6.64. The predicted octanol–water partition coefficient (Wildman–Crippen LogP) is 1.17. The SMILES string of the molecule is CC(=O)O.[Cu].c1ccncc1. The first kappa shape index (κ1) is 12.8. The number of rotatable bonds is 0.